The Morgan fingerprint density at radius 2 is 1.80 bits per heavy atom. The van der Waals surface area contributed by atoms with Crippen LogP contribution < -0.4 is 5.32 Å². The first kappa shape index (κ1) is 15.2. The van der Waals surface area contributed by atoms with E-state index in [1.165, 1.54) is 0 Å². The minimum atomic E-state index is -0.217. The Morgan fingerprint density at radius 1 is 1.20 bits per heavy atom. The number of halogens is 1. The maximum atomic E-state index is 12.3. The van der Waals surface area contributed by atoms with Crippen LogP contribution in [0.1, 0.15) is 44.6 Å². The average molecular weight is 338 g/mol. The Labute approximate surface area is 128 Å². The van der Waals surface area contributed by atoms with Crippen LogP contribution in [0, 0.1) is 11.8 Å². The van der Waals surface area contributed by atoms with E-state index in [1.54, 1.807) is 0 Å². The first-order valence-corrected chi connectivity index (χ1v) is 7.95. The molecule has 0 aromatic heterocycles. The van der Waals surface area contributed by atoms with E-state index < -0.39 is 0 Å². The Hall–Kier alpha value is -1.16. The summed E-state index contributed by atoms with van der Waals surface area (Å²) in [5.41, 5.74) is 0.995. The summed E-state index contributed by atoms with van der Waals surface area (Å²) in [5.74, 6) is -0.00231. The topological polar surface area (TPSA) is 46.2 Å². The van der Waals surface area contributed by atoms with Crippen molar-refractivity contribution in [2.24, 2.45) is 11.8 Å². The lowest BCUT2D eigenvalue weighted by molar-refractivity contribution is -0.137. The van der Waals surface area contributed by atoms with Crippen LogP contribution in [-0.2, 0) is 9.59 Å². The van der Waals surface area contributed by atoms with Gasteiger partial charge in [0.15, 0.2) is 0 Å². The molecule has 2 amide bonds. The molecule has 0 saturated carbocycles. The number of benzene rings is 1. The average Bonchev–Trinajstić information content (AvgIpc) is 2.41. The fourth-order valence-electron chi connectivity index (χ4n) is 3.19. The van der Waals surface area contributed by atoms with Crippen molar-refractivity contribution < 1.29 is 9.59 Å². The van der Waals surface area contributed by atoms with Crippen LogP contribution >= 0.6 is 15.9 Å². The van der Waals surface area contributed by atoms with E-state index in [1.807, 2.05) is 24.3 Å². The molecule has 3 nitrogen and oxygen atoms in total. The monoisotopic (exact) mass is 337 g/mol. The standard InChI is InChI=1S/C16H20BrNO2/c1-3-10(4-2)13-9-14(19)18-16(20)15(13)11-5-7-12(17)8-6-11/h5-8,10,13,15H,3-4,9H2,1-2H3,(H,18,19,20). The van der Waals surface area contributed by atoms with Crippen molar-refractivity contribution in [2.75, 3.05) is 0 Å². The first-order valence-electron chi connectivity index (χ1n) is 7.16. The van der Waals surface area contributed by atoms with Crippen molar-refractivity contribution in [1.29, 1.82) is 0 Å². The van der Waals surface area contributed by atoms with Crippen molar-refractivity contribution in [1.82, 2.24) is 5.32 Å². The molecule has 1 N–H and O–H groups in total. The number of amides is 2. The second-order valence-corrected chi connectivity index (χ2v) is 6.30. The predicted molar refractivity (Wildman–Crippen MR) is 82.2 cm³/mol. The van der Waals surface area contributed by atoms with Crippen molar-refractivity contribution in [3.8, 4) is 0 Å². The highest BCUT2D eigenvalue weighted by molar-refractivity contribution is 9.10. The Balaban J connectivity index is 2.36. The molecule has 1 saturated heterocycles. The van der Waals surface area contributed by atoms with Crippen LogP contribution in [0.2, 0.25) is 0 Å². The highest BCUT2D eigenvalue weighted by Crippen LogP contribution is 2.38. The van der Waals surface area contributed by atoms with Gasteiger partial charge in [0, 0.05) is 10.9 Å². The van der Waals surface area contributed by atoms with Gasteiger partial charge in [-0.1, -0.05) is 54.8 Å². The van der Waals surface area contributed by atoms with Gasteiger partial charge in [0.1, 0.15) is 0 Å². The number of rotatable bonds is 4. The summed E-state index contributed by atoms with van der Waals surface area (Å²) in [5, 5.41) is 2.49. The third kappa shape index (κ3) is 3.11. The second kappa shape index (κ2) is 6.53. The van der Waals surface area contributed by atoms with Crippen LogP contribution in [0.5, 0.6) is 0 Å². The minimum absolute atomic E-state index is 0.104. The van der Waals surface area contributed by atoms with Crippen molar-refractivity contribution in [2.45, 2.75) is 39.0 Å². The number of hydrogen-bond donors (Lipinski definition) is 1. The summed E-state index contributed by atoms with van der Waals surface area (Å²) in [6, 6.07) is 7.84. The molecule has 4 heteroatoms. The van der Waals surface area contributed by atoms with Gasteiger partial charge in [-0.05, 0) is 29.5 Å². The predicted octanol–water partition coefficient (Wildman–Crippen LogP) is 3.63. The fraction of sp³-hybridized carbons (Fsp3) is 0.500. The Bertz CT molecular complexity index is 494. The van der Waals surface area contributed by atoms with Crippen LogP contribution in [0.15, 0.2) is 28.7 Å². The number of hydrogen-bond acceptors (Lipinski definition) is 2. The van der Waals surface area contributed by atoms with E-state index in [-0.39, 0.29) is 23.7 Å². The number of imide groups is 1. The van der Waals surface area contributed by atoms with Gasteiger partial charge in [-0.2, -0.15) is 0 Å². The summed E-state index contributed by atoms with van der Waals surface area (Å²) in [6.45, 7) is 4.26. The SMILES string of the molecule is CCC(CC)C1CC(=O)NC(=O)C1c1ccc(Br)cc1. The number of piperidine rings is 1. The van der Waals surface area contributed by atoms with Gasteiger partial charge in [0.25, 0.3) is 0 Å². The molecule has 1 aliphatic rings. The number of carbonyl (C=O) groups excluding carboxylic acids is 2. The van der Waals surface area contributed by atoms with Crippen LogP contribution in [0.25, 0.3) is 0 Å². The molecular formula is C16H20BrNO2. The van der Waals surface area contributed by atoms with E-state index in [0.29, 0.717) is 12.3 Å². The largest absolute Gasteiger partial charge is 0.296 e. The van der Waals surface area contributed by atoms with E-state index in [2.05, 4.69) is 35.1 Å². The van der Waals surface area contributed by atoms with Crippen LogP contribution in [0.4, 0.5) is 0 Å². The summed E-state index contributed by atoms with van der Waals surface area (Å²) in [6.07, 6.45) is 2.43. The second-order valence-electron chi connectivity index (χ2n) is 5.39. The van der Waals surface area contributed by atoms with E-state index in [4.69, 9.17) is 0 Å². The summed E-state index contributed by atoms with van der Waals surface area (Å²) in [7, 11) is 0. The van der Waals surface area contributed by atoms with Crippen LogP contribution in [0.3, 0.4) is 0 Å². The zero-order valence-electron chi connectivity index (χ0n) is 11.9. The van der Waals surface area contributed by atoms with Crippen molar-refractivity contribution in [3.63, 3.8) is 0 Å². The smallest absolute Gasteiger partial charge is 0.234 e. The molecule has 1 aromatic rings. The quantitative estimate of drug-likeness (QED) is 0.852. The third-order valence-electron chi connectivity index (χ3n) is 4.28. The molecule has 2 atom stereocenters. The molecule has 0 bridgehead atoms. The molecule has 2 unspecified atom stereocenters. The van der Waals surface area contributed by atoms with Crippen molar-refractivity contribution >= 4 is 27.7 Å². The van der Waals surface area contributed by atoms with Gasteiger partial charge in [0.05, 0.1) is 5.92 Å². The molecule has 1 aliphatic heterocycles. The summed E-state index contributed by atoms with van der Waals surface area (Å²) in [4.78, 5) is 24.0. The Kier molecular flexibility index (Phi) is 4.97. The van der Waals surface area contributed by atoms with Crippen molar-refractivity contribution in [3.05, 3.63) is 34.3 Å². The fourth-order valence-corrected chi connectivity index (χ4v) is 3.46. The molecule has 1 aromatic carbocycles. The summed E-state index contributed by atoms with van der Waals surface area (Å²) >= 11 is 3.41. The van der Waals surface area contributed by atoms with Gasteiger partial charge in [-0.15, -0.1) is 0 Å². The molecule has 20 heavy (non-hydrogen) atoms. The lowest BCUT2D eigenvalue weighted by atomic mass is 9.71. The molecule has 0 aliphatic carbocycles. The highest BCUT2D eigenvalue weighted by Gasteiger charge is 2.39. The minimum Gasteiger partial charge on any atom is -0.296 e. The molecule has 1 heterocycles. The zero-order valence-corrected chi connectivity index (χ0v) is 13.4. The zero-order chi connectivity index (χ0) is 14.7. The lowest BCUT2D eigenvalue weighted by Gasteiger charge is -2.35. The molecule has 108 valence electrons. The molecular weight excluding hydrogens is 318 g/mol. The van der Waals surface area contributed by atoms with Gasteiger partial charge in [-0.25, -0.2) is 0 Å². The summed E-state index contributed by atoms with van der Waals surface area (Å²) < 4.78 is 0.993. The Morgan fingerprint density at radius 3 is 2.35 bits per heavy atom. The third-order valence-corrected chi connectivity index (χ3v) is 4.81. The van der Waals surface area contributed by atoms with E-state index in [9.17, 15) is 9.59 Å². The van der Waals surface area contributed by atoms with Gasteiger partial charge >= 0.3 is 0 Å². The van der Waals surface area contributed by atoms with E-state index >= 15 is 0 Å². The highest BCUT2D eigenvalue weighted by atomic mass is 79.9. The van der Waals surface area contributed by atoms with Gasteiger partial charge in [0.2, 0.25) is 11.8 Å². The molecule has 1 fully saturated rings. The number of carbonyl (C=O) groups is 2. The van der Waals surface area contributed by atoms with Gasteiger partial charge in [-0.3, -0.25) is 14.9 Å². The molecule has 0 spiro atoms. The van der Waals surface area contributed by atoms with E-state index in [0.717, 1.165) is 22.9 Å². The van der Waals surface area contributed by atoms with Crippen LogP contribution in [-0.4, -0.2) is 11.8 Å². The normalized spacial score (nSPS) is 23.0. The molecule has 0 radical (unpaired) electrons. The molecule has 2 rings (SSSR count). The maximum Gasteiger partial charge on any atom is 0.234 e. The number of nitrogens with one attached hydrogen (secondary N) is 1. The first-order chi connectivity index (χ1) is 9.56. The maximum absolute atomic E-state index is 12.3. The lowest BCUT2D eigenvalue weighted by Crippen LogP contribution is -2.46. The van der Waals surface area contributed by atoms with Gasteiger partial charge < -0.3 is 0 Å².